The van der Waals surface area contributed by atoms with Crippen LogP contribution >= 0.6 is 0 Å². The van der Waals surface area contributed by atoms with Crippen LogP contribution in [0, 0.1) is 5.92 Å². The van der Waals surface area contributed by atoms with Gasteiger partial charge in [-0.15, -0.1) is 0 Å². The van der Waals surface area contributed by atoms with E-state index in [-0.39, 0.29) is 5.69 Å². The molecule has 1 N–H and O–H groups in total. The number of anilines is 1. The molecule has 82 valence electrons. The van der Waals surface area contributed by atoms with Gasteiger partial charge in [-0.2, -0.15) is 0 Å². The molecule has 1 heterocycles. The Labute approximate surface area is 88.8 Å². The first-order valence-corrected chi connectivity index (χ1v) is 4.78. The fourth-order valence-corrected chi connectivity index (χ4v) is 1.28. The summed E-state index contributed by atoms with van der Waals surface area (Å²) in [4.78, 5) is 20.5. The van der Waals surface area contributed by atoms with Crippen LogP contribution < -0.4 is 4.90 Å². The Bertz CT molecular complexity index is 352. The van der Waals surface area contributed by atoms with Crippen molar-refractivity contribution in [1.29, 1.82) is 0 Å². The molecule has 0 aliphatic rings. The second kappa shape index (κ2) is 4.72. The molecule has 0 aromatic carbocycles. The summed E-state index contributed by atoms with van der Waals surface area (Å²) in [5.74, 6) is -0.104. The molecule has 0 fully saturated rings. The van der Waals surface area contributed by atoms with Crippen LogP contribution in [0.3, 0.4) is 0 Å². The van der Waals surface area contributed by atoms with E-state index in [4.69, 9.17) is 5.11 Å². The minimum atomic E-state index is -1.03. The van der Waals surface area contributed by atoms with Crippen molar-refractivity contribution in [2.24, 2.45) is 5.92 Å². The molecule has 15 heavy (non-hydrogen) atoms. The molecular weight excluding hydrogens is 194 g/mol. The largest absolute Gasteiger partial charge is 0.477 e. The highest BCUT2D eigenvalue weighted by molar-refractivity contribution is 5.85. The SMILES string of the molecule is CC(C)CN(C)c1nccc(C(=O)O)n1. The van der Waals surface area contributed by atoms with Crippen molar-refractivity contribution in [2.45, 2.75) is 13.8 Å². The van der Waals surface area contributed by atoms with Crippen LogP contribution in [0.4, 0.5) is 5.95 Å². The van der Waals surface area contributed by atoms with E-state index >= 15 is 0 Å². The summed E-state index contributed by atoms with van der Waals surface area (Å²) in [6, 6.07) is 1.38. The predicted molar refractivity (Wildman–Crippen MR) is 57.1 cm³/mol. The number of nitrogens with zero attached hydrogens (tertiary/aromatic N) is 3. The van der Waals surface area contributed by atoms with E-state index in [0.717, 1.165) is 6.54 Å². The molecule has 5 heteroatoms. The van der Waals surface area contributed by atoms with Crippen molar-refractivity contribution in [2.75, 3.05) is 18.5 Å². The van der Waals surface area contributed by atoms with Gasteiger partial charge in [0.1, 0.15) is 0 Å². The first-order valence-electron chi connectivity index (χ1n) is 4.78. The molecule has 1 rings (SSSR count). The zero-order valence-corrected chi connectivity index (χ0v) is 9.14. The third-order valence-electron chi connectivity index (χ3n) is 1.84. The number of carbonyl (C=O) groups is 1. The molecular formula is C10H15N3O2. The number of aromatic carboxylic acids is 1. The molecule has 1 aromatic rings. The first-order chi connectivity index (χ1) is 7.00. The molecule has 0 unspecified atom stereocenters. The Morgan fingerprint density at radius 2 is 2.27 bits per heavy atom. The molecule has 0 bridgehead atoms. The van der Waals surface area contributed by atoms with E-state index in [1.165, 1.54) is 12.3 Å². The normalized spacial score (nSPS) is 10.4. The van der Waals surface area contributed by atoms with Gasteiger partial charge in [0.15, 0.2) is 5.69 Å². The van der Waals surface area contributed by atoms with Crippen LogP contribution in [0.1, 0.15) is 24.3 Å². The molecule has 0 radical (unpaired) electrons. The Morgan fingerprint density at radius 1 is 1.60 bits per heavy atom. The van der Waals surface area contributed by atoms with Gasteiger partial charge in [0.25, 0.3) is 0 Å². The van der Waals surface area contributed by atoms with E-state index in [2.05, 4.69) is 23.8 Å². The summed E-state index contributed by atoms with van der Waals surface area (Å²) in [5, 5.41) is 8.76. The number of carboxylic acid groups (broad SMARTS) is 1. The minimum absolute atomic E-state index is 0.0237. The van der Waals surface area contributed by atoms with E-state index in [1.54, 1.807) is 0 Å². The third kappa shape index (κ3) is 3.19. The number of carboxylic acids is 1. The number of rotatable bonds is 4. The van der Waals surface area contributed by atoms with Gasteiger partial charge in [-0.1, -0.05) is 13.8 Å². The highest BCUT2D eigenvalue weighted by Gasteiger charge is 2.10. The Morgan fingerprint density at radius 3 is 2.80 bits per heavy atom. The molecule has 0 saturated heterocycles. The second-order valence-electron chi connectivity index (χ2n) is 3.82. The molecule has 0 amide bonds. The van der Waals surface area contributed by atoms with Crippen LogP contribution in [-0.4, -0.2) is 34.6 Å². The number of aromatic nitrogens is 2. The Hall–Kier alpha value is -1.65. The molecule has 0 aliphatic carbocycles. The van der Waals surface area contributed by atoms with E-state index < -0.39 is 5.97 Å². The summed E-state index contributed by atoms with van der Waals surface area (Å²) in [6.45, 7) is 4.96. The Kier molecular flexibility index (Phi) is 3.60. The van der Waals surface area contributed by atoms with Crippen molar-refractivity contribution in [3.8, 4) is 0 Å². The lowest BCUT2D eigenvalue weighted by molar-refractivity contribution is 0.0690. The molecule has 0 spiro atoms. The van der Waals surface area contributed by atoms with Gasteiger partial charge in [0, 0.05) is 19.8 Å². The maximum atomic E-state index is 10.7. The topological polar surface area (TPSA) is 66.3 Å². The summed E-state index contributed by atoms with van der Waals surface area (Å²) in [6.07, 6.45) is 1.46. The van der Waals surface area contributed by atoms with Crippen LogP contribution in [0.25, 0.3) is 0 Å². The zero-order chi connectivity index (χ0) is 11.4. The quantitative estimate of drug-likeness (QED) is 0.808. The van der Waals surface area contributed by atoms with Crippen LogP contribution in [-0.2, 0) is 0 Å². The molecule has 0 atom stereocenters. The van der Waals surface area contributed by atoms with E-state index in [0.29, 0.717) is 11.9 Å². The van der Waals surface area contributed by atoms with Crippen molar-refractivity contribution >= 4 is 11.9 Å². The summed E-state index contributed by atoms with van der Waals surface area (Å²) in [7, 11) is 1.85. The van der Waals surface area contributed by atoms with Gasteiger partial charge < -0.3 is 10.0 Å². The Balaban J connectivity index is 2.85. The molecule has 0 saturated carbocycles. The summed E-state index contributed by atoms with van der Waals surface area (Å²) < 4.78 is 0. The maximum absolute atomic E-state index is 10.7. The molecule has 1 aromatic heterocycles. The third-order valence-corrected chi connectivity index (χ3v) is 1.84. The monoisotopic (exact) mass is 209 g/mol. The van der Waals surface area contributed by atoms with Crippen molar-refractivity contribution in [3.63, 3.8) is 0 Å². The van der Waals surface area contributed by atoms with E-state index in [9.17, 15) is 4.79 Å². The molecule has 5 nitrogen and oxygen atoms in total. The lowest BCUT2D eigenvalue weighted by Crippen LogP contribution is -2.25. The van der Waals surface area contributed by atoms with Crippen molar-refractivity contribution in [1.82, 2.24) is 9.97 Å². The number of hydrogen-bond acceptors (Lipinski definition) is 4. The average Bonchev–Trinajstić information content (AvgIpc) is 2.17. The minimum Gasteiger partial charge on any atom is -0.477 e. The van der Waals surface area contributed by atoms with Gasteiger partial charge in [-0.05, 0) is 12.0 Å². The lowest BCUT2D eigenvalue weighted by atomic mass is 10.2. The number of hydrogen-bond donors (Lipinski definition) is 1. The fraction of sp³-hybridized carbons (Fsp3) is 0.500. The van der Waals surface area contributed by atoms with Gasteiger partial charge >= 0.3 is 5.97 Å². The standard InChI is InChI=1S/C10H15N3O2/c1-7(2)6-13(3)10-11-5-4-8(12-10)9(14)15/h4-5,7H,6H2,1-3H3,(H,14,15). The van der Waals surface area contributed by atoms with Crippen molar-refractivity contribution in [3.05, 3.63) is 18.0 Å². The lowest BCUT2D eigenvalue weighted by Gasteiger charge is -2.18. The van der Waals surface area contributed by atoms with Crippen molar-refractivity contribution < 1.29 is 9.90 Å². The van der Waals surface area contributed by atoms with Gasteiger partial charge in [-0.25, -0.2) is 14.8 Å². The first kappa shape index (κ1) is 11.4. The fourth-order valence-electron chi connectivity index (χ4n) is 1.28. The van der Waals surface area contributed by atoms with E-state index in [1.807, 2.05) is 11.9 Å². The van der Waals surface area contributed by atoms with Crippen LogP contribution in [0.2, 0.25) is 0 Å². The zero-order valence-electron chi connectivity index (χ0n) is 9.14. The average molecular weight is 209 g/mol. The predicted octanol–water partition coefficient (Wildman–Crippen LogP) is 1.27. The summed E-state index contributed by atoms with van der Waals surface area (Å²) >= 11 is 0. The van der Waals surface area contributed by atoms with Crippen LogP contribution in [0.5, 0.6) is 0 Å². The smallest absolute Gasteiger partial charge is 0.354 e. The maximum Gasteiger partial charge on any atom is 0.354 e. The van der Waals surface area contributed by atoms with Gasteiger partial charge in [-0.3, -0.25) is 0 Å². The highest BCUT2D eigenvalue weighted by Crippen LogP contribution is 2.07. The van der Waals surface area contributed by atoms with Gasteiger partial charge in [0.05, 0.1) is 0 Å². The second-order valence-corrected chi connectivity index (χ2v) is 3.82. The summed E-state index contributed by atoms with van der Waals surface area (Å²) in [5.41, 5.74) is 0.0237. The van der Waals surface area contributed by atoms with Crippen LogP contribution in [0.15, 0.2) is 12.3 Å². The highest BCUT2D eigenvalue weighted by atomic mass is 16.4. The van der Waals surface area contributed by atoms with Gasteiger partial charge in [0.2, 0.25) is 5.95 Å². The molecule has 0 aliphatic heterocycles.